The van der Waals surface area contributed by atoms with Crippen molar-refractivity contribution in [3.8, 4) is 0 Å². The van der Waals surface area contributed by atoms with Crippen LogP contribution in [0.25, 0.3) is 0 Å². The van der Waals surface area contributed by atoms with Crippen LogP contribution in [0.4, 0.5) is 11.4 Å². The van der Waals surface area contributed by atoms with Crippen molar-refractivity contribution >= 4 is 23.3 Å². The first kappa shape index (κ1) is 13.9. The summed E-state index contributed by atoms with van der Waals surface area (Å²) < 4.78 is 0. The van der Waals surface area contributed by atoms with Gasteiger partial charge >= 0.3 is 5.97 Å². The Kier molecular flexibility index (Phi) is 3.82. The average Bonchev–Trinajstić information content (AvgIpc) is 2.90. The van der Waals surface area contributed by atoms with Crippen molar-refractivity contribution in [2.24, 2.45) is 5.92 Å². The van der Waals surface area contributed by atoms with Gasteiger partial charge in [-0.1, -0.05) is 0 Å². The lowest BCUT2D eigenvalue weighted by Crippen LogP contribution is -2.31. The number of aliphatic carboxylic acids is 1. The molecule has 0 aliphatic carbocycles. The molecule has 112 valence electrons. The highest BCUT2D eigenvalue weighted by Gasteiger charge is 2.37. The molecule has 2 fully saturated rings. The number of nitrogens with zero attached hydrogens (tertiary/aromatic N) is 2. The van der Waals surface area contributed by atoms with E-state index in [9.17, 15) is 9.59 Å². The van der Waals surface area contributed by atoms with Gasteiger partial charge in [-0.3, -0.25) is 9.59 Å². The van der Waals surface area contributed by atoms with Crippen LogP contribution in [0.1, 0.15) is 25.7 Å². The maximum Gasteiger partial charge on any atom is 0.316 e. The van der Waals surface area contributed by atoms with Crippen LogP contribution in [-0.4, -0.2) is 36.6 Å². The molecule has 1 unspecified atom stereocenters. The fourth-order valence-corrected chi connectivity index (χ4v) is 3.16. The lowest BCUT2D eigenvalue weighted by Gasteiger charge is -2.29. The van der Waals surface area contributed by atoms with Crippen LogP contribution in [0, 0.1) is 5.92 Å². The number of benzene rings is 1. The molecule has 1 aromatic rings. The second-order valence-electron chi connectivity index (χ2n) is 5.73. The normalized spacial score (nSPS) is 22.7. The molecule has 21 heavy (non-hydrogen) atoms. The molecule has 2 aliphatic heterocycles. The third-order valence-electron chi connectivity index (χ3n) is 4.39. The molecule has 2 saturated heterocycles. The van der Waals surface area contributed by atoms with Crippen molar-refractivity contribution in [2.75, 3.05) is 29.4 Å². The molecule has 0 aromatic heterocycles. The van der Waals surface area contributed by atoms with E-state index in [1.54, 1.807) is 4.90 Å². The highest BCUT2D eigenvalue weighted by molar-refractivity contribution is 6.07. The summed E-state index contributed by atoms with van der Waals surface area (Å²) in [4.78, 5) is 27.0. The van der Waals surface area contributed by atoms with Crippen LogP contribution in [0.5, 0.6) is 0 Å². The van der Waals surface area contributed by atoms with Crippen LogP contribution in [0.3, 0.4) is 0 Å². The van der Waals surface area contributed by atoms with Crippen molar-refractivity contribution in [3.05, 3.63) is 24.3 Å². The van der Waals surface area contributed by atoms with E-state index in [1.807, 2.05) is 24.3 Å². The number of piperidine rings is 1. The summed E-state index contributed by atoms with van der Waals surface area (Å²) in [5.74, 6) is -2.20. The number of amides is 1. The smallest absolute Gasteiger partial charge is 0.316 e. The largest absolute Gasteiger partial charge is 0.481 e. The Balaban J connectivity index is 1.72. The van der Waals surface area contributed by atoms with Gasteiger partial charge in [-0.15, -0.1) is 0 Å². The summed E-state index contributed by atoms with van der Waals surface area (Å²) in [5, 5.41) is 9.01. The number of carboxylic acid groups (broad SMARTS) is 1. The molecule has 3 rings (SSSR count). The van der Waals surface area contributed by atoms with Gasteiger partial charge in [-0.2, -0.15) is 0 Å². The van der Waals surface area contributed by atoms with Gasteiger partial charge in [0.1, 0.15) is 5.92 Å². The number of anilines is 2. The molecule has 0 spiro atoms. The Morgan fingerprint density at radius 3 is 2.19 bits per heavy atom. The zero-order chi connectivity index (χ0) is 14.8. The standard InChI is InChI=1S/C16H20N2O3/c19-15-14(16(20)21)8-11-18(15)13-6-4-12(5-7-13)17-9-2-1-3-10-17/h4-7,14H,1-3,8-11H2,(H,20,21). The quantitative estimate of drug-likeness (QED) is 0.865. The molecule has 5 nitrogen and oxygen atoms in total. The second-order valence-corrected chi connectivity index (χ2v) is 5.73. The first-order chi connectivity index (χ1) is 10.2. The SMILES string of the molecule is O=C(O)C1CCN(c2ccc(N3CCCCC3)cc2)C1=O. The van der Waals surface area contributed by atoms with Gasteiger partial charge in [0.15, 0.2) is 0 Å². The van der Waals surface area contributed by atoms with Gasteiger partial charge in [0, 0.05) is 31.0 Å². The van der Waals surface area contributed by atoms with Crippen molar-refractivity contribution in [1.82, 2.24) is 0 Å². The molecule has 2 heterocycles. The predicted molar refractivity (Wildman–Crippen MR) is 80.6 cm³/mol. The molecule has 0 radical (unpaired) electrons. The molecule has 5 heteroatoms. The van der Waals surface area contributed by atoms with Gasteiger partial charge in [0.05, 0.1) is 0 Å². The minimum Gasteiger partial charge on any atom is -0.481 e. The molecule has 2 aliphatic rings. The van der Waals surface area contributed by atoms with Gasteiger partial charge in [0.2, 0.25) is 5.91 Å². The van der Waals surface area contributed by atoms with Crippen LogP contribution < -0.4 is 9.80 Å². The number of hydrogen-bond acceptors (Lipinski definition) is 3. The average molecular weight is 288 g/mol. The van der Waals surface area contributed by atoms with Crippen molar-refractivity contribution in [1.29, 1.82) is 0 Å². The van der Waals surface area contributed by atoms with Crippen LogP contribution in [0.15, 0.2) is 24.3 Å². The number of rotatable bonds is 3. The Morgan fingerprint density at radius 1 is 1.00 bits per heavy atom. The highest BCUT2D eigenvalue weighted by Crippen LogP contribution is 2.28. The molecule has 1 amide bonds. The van der Waals surface area contributed by atoms with Crippen molar-refractivity contribution < 1.29 is 14.7 Å². The summed E-state index contributed by atoms with van der Waals surface area (Å²) in [6.45, 7) is 2.66. The van der Waals surface area contributed by atoms with E-state index in [0.717, 1.165) is 18.8 Å². The summed E-state index contributed by atoms with van der Waals surface area (Å²) in [7, 11) is 0. The summed E-state index contributed by atoms with van der Waals surface area (Å²) in [6, 6.07) is 7.90. The molecule has 1 N–H and O–H groups in total. The first-order valence-corrected chi connectivity index (χ1v) is 7.56. The maximum atomic E-state index is 12.1. The molecule has 1 atom stereocenters. The van der Waals surface area contributed by atoms with Crippen molar-refractivity contribution in [2.45, 2.75) is 25.7 Å². The Bertz CT molecular complexity index is 535. The predicted octanol–water partition coefficient (Wildman–Crippen LogP) is 2.11. The molecule has 0 bridgehead atoms. The minimum atomic E-state index is -1.02. The monoisotopic (exact) mass is 288 g/mol. The third-order valence-corrected chi connectivity index (χ3v) is 4.39. The Morgan fingerprint density at radius 2 is 1.62 bits per heavy atom. The molecular weight excluding hydrogens is 268 g/mol. The molecular formula is C16H20N2O3. The zero-order valence-corrected chi connectivity index (χ0v) is 12.0. The fourth-order valence-electron chi connectivity index (χ4n) is 3.16. The second kappa shape index (κ2) is 5.76. The van der Waals surface area contributed by atoms with Crippen LogP contribution >= 0.6 is 0 Å². The van der Waals surface area contributed by atoms with Crippen LogP contribution in [0.2, 0.25) is 0 Å². The van der Waals surface area contributed by atoms with Crippen LogP contribution in [-0.2, 0) is 9.59 Å². The van der Waals surface area contributed by atoms with Gasteiger partial charge in [-0.05, 0) is 49.9 Å². The minimum absolute atomic E-state index is 0.298. The number of carbonyl (C=O) groups excluding carboxylic acids is 1. The number of carboxylic acids is 1. The van der Waals surface area contributed by atoms with E-state index in [4.69, 9.17) is 5.11 Å². The number of carbonyl (C=O) groups is 2. The Hall–Kier alpha value is -2.04. The summed E-state index contributed by atoms with van der Waals surface area (Å²) >= 11 is 0. The summed E-state index contributed by atoms with van der Waals surface area (Å²) in [6.07, 6.45) is 4.15. The molecule has 0 saturated carbocycles. The third kappa shape index (κ3) is 2.73. The topological polar surface area (TPSA) is 60.9 Å². The maximum absolute atomic E-state index is 12.1. The number of hydrogen-bond donors (Lipinski definition) is 1. The molecule has 1 aromatic carbocycles. The first-order valence-electron chi connectivity index (χ1n) is 7.56. The van der Waals surface area contributed by atoms with E-state index in [2.05, 4.69) is 4.90 Å². The van der Waals surface area contributed by atoms with E-state index >= 15 is 0 Å². The Labute approximate surface area is 124 Å². The van der Waals surface area contributed by atoms with E-state index in [-0.39, 0.29) is 5.91 Å². The zero-order valence-electron chi connectivity index (χ0n) is 12.0. The fraction of sp³-hybridized carbons (Fsp3) is 0.500. The van der Waals surface area contributed by atoms with Gasteiger partial charge in [-0.25, -0.2) is 0 Å². The lowest BCUT2D eigenvalue weighted by molar-refractivity contribution is -0.144. The lowest BCUT2D eigenvalue weighted by atomic mass is 10.1. The van der Waals surface area contributed by atoms with Gasteiger partial charge < -0.3 is 14.9 Å². The van der Waals surface area contributed by atoms with Crippen molar-refractivity contribution in [3.63, 3.8) is 0 Å². The highest BCUT2D eigenvalue weighted by atomic mass is 16.4. The van der Waals surface area contributed by atoms with E-state index < -0.39 is 11.9 Å². The van der Waals surface area contributed by atoms with Gasteiger partial charge in [0.25, 0.3) is 0 Å². The summed E-state index contributed by atoms with van der Waals surface area (Å²) in [5.41, 5.74) is 1.98. The van der Waals surface area contributed by atoms with E-state index in [1.165, 1.54) is 24.9 Å². The van der Waals surface area contributed by atoms with E-state index in [0.29, 0.717) is 13.0 Å².